The van der Waals surface area contributed by atoms with Crippen molar-refractivity contribution < 1.29 is 4.74 Å². The maximum absolute atomic E-state index is 9.84. The lowest BCUT2D eigenvalue weighted by atomic mass is 9.82. The summed E-state index contributed by atoms with van der Waals surface area (Å²) in [7, 11) is 0. The van der Waals surface area contributed by atoms with Crippen LogP contribution in [0.2, 0.25) is 0 Å². The highest BCUT2D eigenvalue weighted by Crippen LogP contribution is 2.61. The van der Waals surface area contributed by atoms with Crippen LogP contribution in [0.15, 0.2) is 155 Å². The second-order valence-corrected chi connectivity index (χ2v) is 14.3. The van der Waals surface area contributed by atoms with Crippen molar-refractivity contribution in [2.45, 2.75) is 36.5 Å². The molecule has 0 unspecified atom stereocenters. The first kappa shape index (κ1) is 33.1. The summed E-state index contributed by atoms with van der Waals surface area (Å²) in [6, 6.07) is 54.5. The zero-order valence-corrected chi connectivity index (χ0v) is 30.7. The summed E-state index contributed by atoms with van der Waals surface area (Å²) in [6.45, 7) is 4.47. The van der Waals surface area contributed by atoms with Gasteiger partial charge in [-0.1, -0.05) is 98.4 Å². The van der Waals surface area contributed by atoms with Gasteiger partial charge < -0.3 is 14.5 Å². The summed E-state index contributed by atoms with van der Waals surface area (Å²) in [5, 5.41) is 19.7. The number of benzene rings is 7. The SMILES string of the molecule is CCc1c(-c2ccc(C#N)cc2)c(N2c3ccccc3Oc3ccccc32)c(CC)c(N2c3ccccc3Sc3ccccc32)c1-c1ccc(C#N)cc1. The van der Waals surface area contributed by atoms with Gasteiger partial charge in [-0.3, -0.25) is 0 Å². The summed E-state index contributed by atoms with van der Waals surface area (Å²) in [5.41, 5.74) is 14.1. The van der Waals surface area contributed by atoms with Gasteiger partial charge >= 0.3 is 0 Å². The molecule has 0 N–H and O–H groups in total. The molecule has 2 aliphatic heterocycles. The predicted octanol–water partition coefficient (Wildman–Crippen LogP) is 13.4. The van der Waals surface area contributed by atoms with Gasteiger partial charge in [0.1, 0.15) is 0 Å². The van der Waals surface area contributed by atoms with Gasteiger partial charge in [0, 0.05) is 26.5 Å². The Balaban J connectivity index is 1.51. The Morgan fingerprint density at radius 2 is 0.870 bits per heavy atom. The van der Waals surface area contributed by atoms with Crippen molar-refractivity contribution >= 4 is 45.9 Å². The van der Waals surface area contributed by atoms with E-state index in [1.54, 1.807) is 11.8 Å². The predicted molar refractivity (Wildman–Crippen MR) is 219 cm³/mol. The van der Waals surface area contributed by atoms with Crippen LogP contribution in [0.3, 0.4) is 0 Å². The van der Waals surface area contributed by atoms with E-state index in [9.17, 15) is 10.5 Å². The number of anilines is 6. The van der Waals surface area contributed by atoms with Crippen LogP contribution in [0.5, 0.6) is 11.5 Å². The van der Waals surface area contributed by atoms with Gasteiger partial charge in [0.2, 0.25) is 0 Å². The topological polar surface area (TPSA) is 63.3 Å². The van der Waals surface area contributed by atoms with Crippen molar-refractivity contribution in [3.63, 3.8) is 0 Å². The Morgan fingerprint density at radius 3 is 1.30 bits per heavy atom. The van der Waals surface area contributed by atoms with Crippen molar-refractivity contribution in [2.24, 2.45) is 0 Å². The van der Waals surface area contributed by atoms with Crippen LogP contribution in [-0.4, -0.2) is 0 Å². The van der Waals surface area contributed by atoms with Gasteiger partial charge in [-0.25, -0.2) is 0 Å². The zero-order valence-electron chi connectivity index (χ0n) is 29.9. The first-order chi connectivity index (χ1) is 26.6. The molecule has 6 heteroatoms. The molecule has 0 amide bonds. The maximum Gasteiger partial charge on any atom is 0.151 e. The fourth-order valence-electron chi connectivity index (χ4n) is 7.94. The number of ether oxygens (including phenoxy) is 1. The highest BCUT2D eigenvalue weighted by Gasteiger charge is 2.37. The molecule has 2 aliphatic rings. The normalized spacial score (nSPS) is 12.4. The van der Waals surface area contributed by atoms with Crippen molar-refractivity contribution in [3.8, 4) is 45.9 Å². The number of rotatable bonds is 6. The fraction of sp³-hybridized carbons (Fsp3) is 0.0833. The Hall–Kier alpha value is -6.73. The monoisotopic (exact) mass is 714 g/mol. The minimum atomic E-state index is 0.610. The average molecular weight is 715 g/mol. The third-order valence-corrected chi connectivity index (χ3v) is 11.4. The van der Waals surface area contributed by atoms with E-state index in [-0.39, 0.29) is 0 Å². The highest BCUT2D eigenvalue weighted by atomic mass is 32.2. The molecule has 0 saturated carbocycles. The molecule has 0 spiro atoms. The van der Waals surface area contributed by atoms with E-state index in [1.807, 2.05) is 48.5 Å². The first-order valence-corrected chi connectivity index (χ1v) is 19.0. The minimum Gasteiger partial charge on any atom is -0.453 e. The van der Waals surface area contributed by atoms with Gasteiger partial charge in [-0.2, -0.15) is 10.5 Å². The van der Waals surface area contributed by atoms with Crippen LogP contribution in [0.4, 0.5) is 34.1 Å². The molecular formula is C48H34N4OS. The van der Waals surface area contributed by atoms with Crippen molar-refractivity contribution in [2.75, 3.05) is 9.80 Å². The maximum atomic E-state index is 9.84. The van der Waals surface area contributed by atoms with E-state index >= 15 is 0 Å². The van der Waals surface area contributed by atoms with Crippen LogP contribution >= 0.6 is 11.8 Å². The third-order valence-electron chi connectivity index (χ3n) is 10.3. The van der Waals surface area contributed by atoms with Crippen LogP contribution in [0.25, 0.3) is 22.3 Å². The molecule has 9 rings (SSSR count). The Kier molecular flexibility index (Phi) is 8.39. The Labute approximate surface area is 319 Å². The molecule has 258 valence electrons. The van der Waals surface area contributed by atoms with Crippen LogP contribution < -0.4 is 14.5 Å². The van der Waals surface area contributed by atoms with Gasteiger partial charge in [-0.05, 0) is 102 Å². The lowest BCUT2D eigenvalue weighted by Gasteiger charge is -2.41. The summed E-state index contributed by atoms with van der Waals surface area (Å²) < 4.78 is 6.57. The van der Waals surface area contributed by atoms with E-state index < -0.39 is 0 Å². The lowest BCUT2D eigenvalue weighted by molar-refractivity contribution is 0.477. The summed E-state index contributed by atoms with van der Waals surface area (Å²) in [6.07, 6.45) is 1.42. The highest BCUT2D eigenvalue weighted by molar-refractivity contribution is 7.99. The van der Waals surface area contributed by atoms with Crippen molar-refractivity contribution in [1.29, 1.82) is 10.5 Å². The van der Waals surface area contributed by atoms with Gasteiger partial charge in [0.05, 0.1) is 57.4 Å². The van der Waals surface area contributed by atoms with Crippen LogP contribution in [-0.2, 0) is 12.8 Å². The Morgan fingerprint density at radius 1 is 0.481 bits per heavy atom. The number of para-hydroxylation sites is 6. The number of hydrogen-bond donors (Lipinski definition) is 0. The largest absolute Gasteiger partial charge is 0.453 e. The first-order valence-electron chi connectivity index (χ1n) is 18.2. The number of nitrogens with zero attached hydrogens (tertiary/aromatic N) is 4. The molecule has 7 aromatic carbocycles. The zero-order chi connectivity index (χ0) is 36.8. The van der Waals surface area contributed by atoms with Gasteiger partial charge in [-0.15, -0.1) is 0 Å². The van der Waals surface area contributed by atoms with E-state index in [0.29, 0.717) is 24.0 Å². The second-order valence-electron chi connectivity index (χ2n) is 13.2. The summed E-state index contributed by atoms with van der Waals surface area (Å²) >= 11 is 1.80. The summed E-state index contributed by atoms with van der Waals surface area (Å²) in [4.78, 5) is 7.22. The molecule has 5 nitrogen and oxygen atoms in total. The van der Waals surface area contributed by atoms with E-state index in [4.69, 9.17) is 4.74 Å². The standard InChI is InChI=1S/C48H34N4OS/c1-3-35-45(33-25-21-31(29-49)22-26-33)47(51-37-13-5-9-17-41(37)53-42-18-10-6-14-38(42)51)36(4-2)48(46(35)34-27-23-32(30-50)24-28-34)52-39-15-7-11-19-43(39)54-44-20-12-8-16-40(44)52/h5-28H,3-4H2,1-2H3. The molecule has 0 bridgehead atoms. The van der Waals surface area contributed by atoms with Gasteiger partial charge in [0.25, 0.3) is 0 Å². The second kappa shape index (κ2) is 13.7. The molecule has 2 heterocycles. The van der Waals surface area contributed by atoms with Crippen molar-refractivity contribution in [1.82, 2.24) is 0 Å². The Bertz CT molecular complexity index is 2400. The molecule has 0 radical (unpaired) electrons. The van der Waals surface area contributed by atoms with Crippen LogP contribution in [0.1, 0.15) is 36.1 Å². The van der Waals surface area contributed by atoms with Crippen LogP contribution in [0, 0.1) is 22.7 Å². The molecule has 0 saturated heterocycles. The lowest BCUT2D eigenvalue weighted by Crippen LogP contribution is -2.23. The molecule has 0 aliphatic carbocycles. The fourth-order valence-corrected chi connectivity index (χ4v) is 9.00. The summed E-state index contributed by atoms with van der Waals surface area (Å²) in [5.74, 6) is 1.56. The molecule has 7 aromatic rings. The van der Waals surface area contributed by atoms with E-state index in [1.165, 1.54) is 15.4 Å². The molecule has 0 aromatic heterocycles. The smallest absolute Gasteiger partial charge is 0.151 e. The minimum absolute atomic E-state index is 0.610. The number of fused-ring (bicyclic) bond motifs is 4. The number of hydrogen-bond acceptors (Lipinski definition) is 6. The number of nitriles is 2. The molecule has 54 heavy (non-hydrogen) atoms. The quantitative estimate of drug-likeness (QED) is 0.171. The van der Waals surface area contributed by atoms with Crippen molar-refractivity contribution in [3.05, 3.63) is 168 Å². The molecular weight excluding hydrogens is 681 g/mol. The van der Waals surface area contributed by atoms with E-state index in [0.717, 1.165) is 73.4 Å². The average Bonchev–Trinajstić information content (AvgIpc) is 3.24. The molecule has 0 fully saturated rings. The third kappa shape index (κ3) is 5.31. The molecule has 0 atom stereocenters. The van der Waals surface area contributed by atoms with Gasteiger partial charge in [0.15, 0.2) is 11.5 Å². The van der Waals surface area contributed by atoms with E-state index in [2.05, 4.69) is 133 Å².